The molecule has 0 aliphatic carbocycles. The highest BCUT2D eigenvalue weighted by Gasteiger charge is 2.57. The fraction of sp³-hybridized carbons (Fsp3) is 0.946. The van der Waals surface area contributed by atoms with Crippen molar-refractivity contribution in [2.45, 2.75) is 405 Å². The van der Waals surface area contributed by atoms with Gasteiger partial charge in [-0.3, -0.25) is 9.59 Å². The zero-order chi connectivity index (χ0) is 75.9. The molecule has 0 saturated carbocycles. The quantitative estimate of drug-likeness (QED) is 0.0306. The number of aliphatic hydroxyl groups excluding tert-OH is 16. The Morgan fingerprint density at radius 1 is 0.375 bits per heavy atom. The third-order valence-electron chi connectivity index (χ3n) is 20.7. The number of carbonyl (C=O) groups excluding carboxylic acids is 2. The van der Waals surface area contributed by atoms with Crippen molar-refractivity contribution in [2.75, 3.05) is 39.6 Å². The lowest BCUT2D eigenvalue weighted by Gasteiger charge is -2.50. The number of ether oxygens (including phenoxy) is 10. The molecule has 5 saturated heterocycles. The largest absolute Gasteiger partial charge is 0.394 e. The highest BCUT2D eigenvalue weighted by atomic mass is 16.8. The molecular formula is C74H136N2O28. The molecule has 5 aliphatic heterocycles. The van der Waals surface area contributed by atoms with E-state index in [1.807, 2.05) is 6.08 Å². The van der Waals surface area contributed by atoms with Gasteiger partial charge in [0.1, 0.15) is 122 Å². The van der Waals surface area contributed by atoms with Gasteiger partial charge in [0.2, 0.25) is 11.8 Å². The van der Waals surface area contributed by atoms with Gasteiger partial charge in [-0.25, -0.2) is 0 Å². The van der Waals surface area contributed by atoms with Crippen molar-refractivity contribution in [1.82, 2.24) is 10.6 Å². The van der Waals surface area contributed by atoms with Crippen molar-refractivity contribution in [2.24, 2.45) is 0 Å². The fourth-order valence-corrected chi connectivity index (χ4v) is 14.3. The maximum absolute atomic E-state index is 13.5. The van der Waals surface area contributed by atoms with E-state index in [1.165, 1.54) is 154 Å². The number of hydrogen-bond donors (Lipinski definition) is 18. The van der Waals surface area contributed by atoms with Crippen LogP contribution in [0.15, 0.2) is 12.2 Å². The van der Waals surface area contributed by atoms with E-state index in [4.69, 9.17) is 47.4 Å². The molecule has 5 rings (SSSR count). The van der Waals surface area contributed by atoms with E-state index in [-0.39, 0.29) is 12.3 Å². The first-order valence-corrected chi connectivity index (χ1v) is 39.5. The molecule has 0 radical (unpaired) electrons. The summed E-state index contributed by atoms with van der Waals surface area (Å²) in [6, 6.07) is -2.60. The van der Waals surface area contributed by atoms with Gasteiger partial charge in [0.05, 0.1) is 51.8 Å². The lowest BCUT2D eigenvalue weighted by molar-refractivity contribution is -0.393. The van der Waals surface area contributed by atoms with Crippen LogP contribution in [-0.2, 0) is 57.0 Å². The van der Waals surface area contributed by atoms with E-state index in [9.17, 15) is 91.3 Å². The molecule has 18 N–H and O–H groups in total. The zero-order valence-electron chi connectivity index (χ0n) is 62.1. The lowest BCUT2D eigenvalue weighted by Crippen LogP contribution is -2.69. The molecule has 5 aliphatic rings. The molecule has 2 amide bonds. The van der Waals surface area contributed by atoms with Gasteiger partial charge in [-0.15, -0.1) is 0 Å². The van der Waals surface area contributed by atoms with E-state index in [1.54, 1.807) is 6.08 Å². The first-order valence-electron chi connectivity index (χ1n) is 39.5. The minimum atomic E-state index is -2.19. The molecule has 0 aromatic rings. The topological polar surface area (TPSA) is 474 Å². The Hall–Kier alpha value is -2.36. The molecule has 30 heteroatoms. The van der Waals surface area contributed by atoms with Crippen LogP contribution in [0.1, 0.15) is 239 Å². The summed E-state index contributed by atoms with van der Waals surface area (Å²) in [7, 11) is 0. The van der Waals surface area contributed by atoms with Crippen LogP contribution < -0.4 is 10.6 Å². The Morgan fingerprint density at radius 2 is 0.702 bits per heavy atom. The van der Waals surface area contributed by atoms with Crippen LogP contribution in [0.5, 0.6) is 0 Å². The summed E-state index contributed by atoms with van der Waals surface area (Å²) >= 11 is 0. The van der Waals surface area contributed by atoms with Crippen molar-refractivity contribution in [3.8, 4) is 0 Å². The highest BCUT2D eigenvalue weighted by molar-refractivity contribution is 5.76. The summed E-state index contributed by atoms with van der Waals surface area (Å²) < 4.78 is 58.1. The van der Waals surface area contributed by atoms with E-state index < -0.39 is 211 Å². The molecule has 0 aromatic heterocycles. The SMILES string of the molecule is CCCCCCCCCCCCC/C=C/[C@@H](O)[C@H](CO[C@@H]1OC(CO)[C@@H](O[C@@H]2OC(CO)[C@H](O[C@@H]3OC(CO)[C@H](O)[C@H](O[C@H]4OC(CO)[C@H](O)[C@H](O[C@@H]5OC(CO)[C@H](O)[C@H](O)C5NC(C)=O)C4O)C3O)[C@H](O)C2O)[C@H](O)C1O)NC(=O)CCCCCCCCCCCCCCCCCCCCCCC. The minimum Gasteiger partial charge on any atom is -0.394 e. The molecule has 104 heavy (non-hydrogen) atoms. The molecule has 0 aromatic carbocycles. The third kappa shape index (κ3) is 30.4. The van der Waals surface area contributed by atoms with Crippen LogP contribution in [0.4, 0.5) is 0 Å². The predicted molar refractivity (Wildman–Crippen MR) is 377 cm³/mol. The summed E-state index contributed by atoms with van der Waals surface area (Å²) in [4.78, 5) is 25.6. The molecule has 5 heterocycles. The summed E-state index contributed by atoms with van der Waals surface area (Å²) in [5.74, 6) is -1.05. The molecule has 0 spiro atoms. The van der Waals surface area contributed by atoms with Gasteiger partial charge in [0.25, 0.3) is 0 Å². The summed E-state index contributed by atoms with van der Waals surface area (Å²) in [5, 5.41) is 182. The molecule has 10 unspecified atom stereocenters. The number of aliphatic hydroxyl groups is 16. The molecule has 30 nitrogen and oxygen atoms in total. The van der Waals surface area contributed by atoms with Crippen molar-refractivity contribution in [3.05, 3.63) is 12.2 Å². The number of hydrogen-bond acceptors (Lipinski definition) is 28. The van der Waals surface area contributed by atoms with Gasteiger partial charge >= 0.3 is 0 Å². The molecular weight excluding hydrogens is 1360 g/mol. The summed E-state index contributed by atoms with van der Waals surface area (Å²) in [6.45, 7) is 0.406. The number of nitrogens with one attached hydrogen (secondary N) is 2. The van der Waals surface area contributed by atoms with Gasteiger partial charge < -0.3 is 140 Å². The second-order valence-corrected chi connectivity index (χ2v) is 29.2. The Kier molecular flexibility index (Phi) is 46.1. The van der Waals surface area contributed by atoms with Crippen LogP contribution >= 0.6 is 0 Å². The average molecular weight is 1500 g/mol. The number of rotatable bonds is 54. The average Bonchev–Trinajstić information content (AvgIpc) is 0.775. The van der Waals surface area contributed by atoms with E-state index in [0.29, 0.717) is 12.8 Å². The Bertz CT molecular complexity index is 2250. The number of carbonyl (C=O) groups is 2. The fourth-order valence-electron chi connectivity index (χ4n) is 14.3. The smallest absolute Gasteiger partial charge is 0.220 e. The highest BCUT2D eigenvalue weighted by Crippen LogP contribution is 2.37. The van der Waals surface area contributed by atoms with Crippen LogP contribution in [0, 0.1) is 0 Å². The predicted octanol–water partition coefficient (Wildman–Crippen LogP) is 1.95. The van der Waals surface area contributed by atoms with E-state index in [2.05, 4.69) is 24.5 Å². The summed E-state index contributed by atoms with van der Waals surface area (Å²) in [5.41, 5.74) is 0. The van der Waals surface area contributed by atoms with Gasteiger partial charge in [-0.2, -0.15) is 0 Å². The van der Waals surface area contributed by atoms with Crippen LogP contribution in [0.2, 0.25) is 0 Å². The maximum Gasteiger partial charge on any atom is 0.220 e. The van der Waals surface area contributed by atoms with E-state index in [0.717, 1.165) is 51.9 Å². The molecule has 5 fully saturated rings. The third-order valence-corrected chi connectivity index (χ3v) is 20.7. The Balaban J connectivity index is 1.14. The van der Waals surface area contributed by atoms with Gasteiger partial charge in [0, 0.05) is 13.3 Å². The molecule has 610 valence electrons. The maximum atomic E-state index is 13.5. The lowest BCUT2D eigenvalue weighted by atomic mass is 9.95. The first kappa shape index (κ1) is 92.2. The normalized spacial score (nSPS) is 34.7. The molecule has 0 bridgehead atoms. The van der Waals surface area contributed by atoms with E-state index >= 15 is 0 Å². The minimum absolute atomic E-state index is 0.200. The monoisotopic (exact) mass is 1500 g/mol. The zero-order valence-corrected chi connectivity index (χ0v) is 62.1. The standard InChI is InChI=1S/C74H136N2O28/c1-4-6-8-10-12-14-16-18-19-20-21-22-23-24-25-27-29-31-33-35-37-39-54(84)76-47(48(83)38-36-34-32-30-28-26-17-15-13-11-9-7-5-2)45-95-71-62(91)60(89)66(52(43-80)99-71)101-72-63(92)61(90)67(53(44-81)100-72)102-73-65(94)69(58(87)51(42-79)97-73)104-74-64(93)68(57(86)50(41-78)98-74)103-70-55(75-46(3)82)59(88)56(85)49(40-77)96-70/h36,38,47-53,55-74,77-81,83,85-94H,4-35,37,39-45H2,1-3H3,(H,75,82)(H,76,84)/b38-36+/t47-,48+,49?,50?,51?,52?,53?,55?,56-,57-,58-,59+,60+,61+,62?,63?,64?,65?,66+,67-,68-,69-,70-,71+,72-,73-,74+/m0/s1. The van der Waals surface area contributed by atoms with Crippen LogP contribution in [-0.4, -0.2) is 299 Å². The van der Waals surface area contributed by atoms with Crippen molar-refractivity contribution in [1.29, 1.82) is 0 Å². The first-order chi connectivity index (χ1) is 50.2. The second kappa shape index (κ2) is 52.0. The number of amides is 2. The number of allylic oxidation sites excluding steroid dienone is 1. The van der Waals surface area contributed by atoms with Gasteiger partial charge in [-0.1, -0.05) is 219 Å². The van der Waals surface area contributed by atoms with Crippen molar-refractivity contribution < 1.29 is 139 Å². The molecule has 27 atom stereocenters. The van der Waals surface area contributed by atoms with Gasteiger partial charge in [0.15, 0.2) is 31.5 Å². The van der Waals surface area contributed by atoms with Crippen LogP contribution in [0.3, 0.4) is 0 Å². The van der Waals surface area contributed by atoms with Crippen molar-refractivity contribution in [3.63, 3.8) is 0 Å². The van der Waals surface area contributed by atoms with Gasteiger partial charge in [-0.05, 0) is 19.3 Å². The second-order valence-electron chi connectivity index (χ2n) is 29.2. The van der Waals surface area contributed by atoms with Crippen LogP contribution in [0.25, 0.3) is 0 Å². The Morgan fingerprint density at radius 3 is 1.11 bits per heavy atom. The van der Waals surface area contributed by atoms with Crippen molar-refractivity contribution >= 4 is 11.8 Å². The number of unbranched alkanes of at least 4 members (excludes halogenated alkanes) is 31. The Labute approximate surface area is 615 Å². The summed E-state index contributed by atoms with van der Waals surface area (Å²) in [6.07, 6.45) is -3.07.